The summed E-state index contributed by atoms with van der Waals surface area (Å²) < 4.78 is 0. The normalized spacial score (nSPS) is 17.8. The quantitative estimate of drug-likeness (QED) is 0.806. The van der Waals surface area contributed by atoms with Crippen LogP contribution in [0.3, 0.4) is 0 Å². The first kappa shape index (κ1) is 14.8. The predicted molar refractivity (Wildman–Crippen MR) is 80.8 cm³/mol. The fraction of sp³-hybridized carbons (Fsp3) is 0.786. The van der Waals surface area contributed by atoms with Crippen molar-refractivity contribution in [3.63, 3.8) is 0 Å². The summed E-state index contributed by atoms with van der Waals surface area (Å²) in [5.74, 6) is 0. The van der Waals surface area contributed by atoms with E-state index in [9.17, 15) is 5.11 Å². The number of anilines is 1. The fourth-order valence-corrected chi connectivity index (χ4v) is 3.65. The molecule has 1 heterocycles. The minimum absolute atomic E-state index is 0.466. The molecule has 108 valence electrons. The standard InChI is InChI=1S/C14H25N3OS/c1-3-17(4-2)13-16-10-12(19-13)9-15-11-14(18)7-5-6-8-14/h10,15,18H,3-9,11H2,1-2H3. The number of thiazole rings is 1. The Kier molecular flexibility index (Phi) is 5.19. The number of aromatic nitrogens is 1. The molecule has 0 bridgehead atoms. The molecule has 0 unspecified atom stereocenters. The third kappa shape index (κ3) is 3.91. The maximum Gasteiger partial charge on any atom is 0.185 e. The van der Waals surface area contributed by atoms with Crippen molar-refractivity contribution < 1.29 is 5.11 Å². The van der Waals surface area contributed by atoms with Crippen LogP contribution in [-0.2, 0) is 6.54 Å². The van der Waals surface area contributed by atoms with Crippen LogP contribution >= 0.6 is 11.3 Å². The van der Waals surface area contributed by atoms with E-state index in [2.05, 4.69) is 29.0 Å². The summed E-state index contributed by atoms with van der Waals surface area (Å²) in [6, 6.07) is 0. The van der Waals surface area contributed by atoms with Crippen LogP contribution in [0.2, 0.25) is 0 Å². The van der Waals surface area contributed by atoms with Crippen LogP contribution in [0.5, 0.6) is 0 Å². The van der Waals surface area contributed by atoms with Crippen molar-refractivity contribution in [2.24, 2.45) is 0 Å². The highest BCUT2D eigenvalue weighted by molar-refractivity contribution is 7.15. The topological polar surface area (TPSA) is 48.4 Å². The molecule has 1 saturated carbocycles. The number of rotatable bonds is 7. The van der Waals surface area contributed by atoms with Crippen molar-refractivity contribution in [3.05, 3.63) is 11.1 Å². The van der Waals surface area contributed by atoms with Gasteiger partial charge in [0.15, 0.2) is 5.13 Å². The lowest BCUT2D eigenvalue weighted by Crippen LogP contribution is -2.37. The predicted octanol–water partition coefficient (Wildman–Crippen LogP) is 2.38. The first-order valence-corrected chi connectivity index (χ1v) is 8.11. The molecule has 2 N–H and O–H groups in total. The average Bonchev–Trinajstić information content (AvgIpc) is 3.01. The van der Waals surface area contributed by atoms with Gasteiger partial charge in [-0.25, -0.2) is 4.98 Å². The van der Waals surface area contributed by atoms with Crippen LogP contribution in [-0.4, -0.2) is 35.3 Å². The third-order valence-corrected chi connectivity index (χ3v) is 4.92. The Bertz CT molecular complexity index is 384. The van der Waals surface area contributed by atoms with Gasteiger partial charge in [0.05, 0.1) is 5.60 Å². The van der Waals surface area contributed by atoms with Crippen molar-refractivity contribution in [2.45, 2.75) is 51.7 Å². The summed E-state index contributed by atoms with van der Waals surface area (Å²) in [4.78, 5) is 7.97. The number of hydrogen-bond donors (Lipinski definition) is 2. The van der Waals surface area contributed by atoms with E-state index >= 15 is 0 Å². The van der Waals surface area contributed by atoms with E-state index in [-0.39, 0.29) is 0 Å². The molecule has 0 spiro atoms. The van der Waals surface area contributed by atoms with E-state index in [1.54, 1.807) is 11.3 Å². The second-order valence-corrected chi connectivity index (χ2v) is 6.41. The average molecular weight is 283 g/mol. The molecule has 0 aromatic carbocycles. The molecule has 1 aromatic rings. The smallest absolute Gasteiger partial charge is 0.185 e. The van der Waals surface area contributed by atoms with Crippen molar-refractivity contribution in [2.75, 3.05) is 24.5 Å². The van der Waals surface area contributed by atoms with Crippen LogP contribution in [0.1, 0.15) is 44.4 Å². The van der Waals surface area contributed by atoms with Crippen LogP contribution in [0.25, 0.3) is 0 Å². The van der Waals surface area contributed by atoms with E-state index < -0.39 is 5.60 Å². The van der Waals surface area contributed by atoms with Crippen molar-refractivity contribution >= 4 is 16.5 Å². The Morgan fingerprint density at radius 2 is 2.05 bits per heavy atom. The molecule has 1 fully saturated rings. The zero-order valence-electron chi connectivity index (χ0n) is 12.0. The summed E-state index contributed by atoms with van der Waals surface area (Å²) in [6.45, 7) is 7.80. The molecule has 0 radical (unpaired) electrons. The van der Waals surface area contributed by atoms with E-state index in [0.29, 0.717) is 6.54 Å². The van der Waals surface area contributed by atoms with Gasteiger partial charge in [-0.15, -0.1) is 11.3 Å². The first-order valence-electron chi connectivity index (χ1n) is 7.29. The zero-order chi connectivity index (χ0) is 13.7. The minimum Gasteiger partial charge on any atom is -0.389 e. The van der Waals surface area contributed by atoms with Crippen molar-refractivity contribution in [1.29, 1.82) is 0 Å². The zero-order valence-corrected chi connectivity index (χ0v) is 12.8. The molecule has 2 rings (SSSR count). The van der Waals surface area contributed by atoms with Gasteiger partial charge in [0.1, 0.15) is 0 Å². The number of nitrogens with zero attached hydrogens (tertiary/aromatic N) is 2. The largest absolute Gasteiger partial charge is 0.389 e. The van der Waals surface area contributed by atoms with Gasteiger partial charge < -0.3 is 15.3 Å². The van der Waals surface area contributed by atoms with E-state index in [0.717, 1.165) is 50.4 Å². The van der Waals surface area contributed by atoms with Gasteiger partial charge in [-0.2, -0.15) is 0 Å². The first-order chi connectivity index (χ1) is 9.17. The molecule has 0 atom stereocenters. The van der Waals surface area contributed by atoms with Gasteiger partial charge in [-0.3, -0.25) is 0 Å². The SMILES string of the molecule is CCN(CC)c1ncc(CNCC2(O)CCCC2)s1. The highest BCUT2D eigenvalue weighted by Gasteiger charge is 2.30. The lowest BCUT2D eigenvalue weighted by Gasteiger charge is -2.22. The second-order valence-electron chi connectivity index (χ2n) is 5.32. The van der Waals surface area contributed by atoms with Crippen molar-refractivity contribution in [3.8, 4) is 0 Å². The Morgan fingerprint density at radius 3 is 2.68 bits per heavy atom. The Morgan fingerprint density at radius 1 is 1.37 bits per heavy atom. The minimum atomic E-state index is -0.466. The molecule has 1 aliphatic rings. The van der Waals surface area contributed by atoms with Gasteiger partial charge in [-0.05, 0) is 26.7 Å². The summed E-state index contributed by atoms with van der Waals surface area (Å²) in [7, 11) is 0. The van der Waals surface area contributed by atoms with Gasteiger partial charge in [-0.1, -0.05) is 12.8 Å². The summed E-state index contributed by atoms with van der Waals surface area (Å²) in [6.07, 6.45) is 6.14. The van der Waals surface area contributed by atoms with Gasteiger partial charge in [0.2, 0.25) is 0 Å². The van der Waals surface area contributed by atoms with E-state index in [1.165, 1.54) is 4.88 Å². The molecule has 5 heteroatoms. The Labute approximate surface area is 119 Å². The molecule has 4 nitrogen and oxygen atoms in total. The molecule has 0 aliphatic heterocycles. The van der Waals surface area contributed by atoms with Gasteiger partial charge in [0, 0.05) is 37.3 Å². The van der Waals surface area contributed by atoms with Gasteiger partial charge in [0.25, 0.3) is 0 Å². The number of nitrogens with one attached hydrogen (secondary N) is 1. The molecular weight excluding hydrogens is 258 g/mol. The van der Waals surface area contributed by atoms with E-state index in [1.807, 2.05) is 6.20 Å². The van der Waals surface area contributed by atoms with Crippen molar-refractivity contribution in [1.82, 2.24) is 10.3 Å². The van der Waals surface area contributed by atoms with E-state index in [4.69, 9.17) is 0 Å². The van der Waals surface area contributed by atoms with Crippen LogP contribution in [0, 0.1) is 0 Å². The van der Waals surface area contributed by atoms with Gasteiger partial charge >= 0.3 is 0 Å². The highest BCUT2D eigenvalue weighted by atomic mass is 32.1. The van der Waals surface area contributed by atoms with Crippen LogP contribution in [0.15, 0.2) is 6.20 Å². The second kappa shape index (κ2) is 6.68. The highest BCUT2D eigenvalue weighted by Crippen LogP contribution is 2.29. The molecule has 0 amide bonds. The molecule has 1 aliphatic carbocycles. The fourth-order valence-electron chi connectivity index (χ4n) is 2.65. The molecule has 1 aromatic heterocycles. The lowest BCUT2D eigenvalue weighted by molar-refractivity contribution is 0.0475. The molecule has 19 heavy (non-hydrogen) atoms. The van der Waals surface area contributed by atoms with Crippen LogP contribution in [0.4, 0.5) is 5.13 Å². The molecular formula is C14H25N3OS. The summed E-state index contributed by atoms with van der Waals surface area (Å²) in [5.41, 5.74) is -0.466. The van der Waals surface area contributed by atoms with Crippen LogP contribution < -0.4 is 10.2 Å². The Balaban J connectivity index is 1.80. The number of hydrogen-bond acceptors (Lipinski definition) is 5. The maximum absolute atomic E-state index is 10.3. The summed E-state index contributed by atoms with van der Waals surface area (Å²) >= 11 is 1.74. The maximum atomic E-state index is 10.3. The number of aliphatic hydroxyl groups is 1. The Hall–Kier alpha value is -0.650. The lowest BCUT2D eigenvalue weighted by atomic mass is 10.0. The summed E-state index contributed by atoms with van der Waals surface area (Å²) in [5, 5.41) is 14.7. The third-order valence-electron chi connectivity index (χ3n) is 3.86. The monoisotopic (exact) mass is 283 g/mol. The molecule has 0 saturated heterocycles.